The molecule has 0 radical (unpaired) electrons. The zero-order valence-electron chi connectivity index (χ0n) is 8.94. The molecule has 0 bridgehead atoms. The Balaban J connectivity index is 2.92. The number of rotatable bonds is 5. The minimum atomic E-state index is -1.46. The molecule has 5 heteroatoms. The van der Waals surface area contributed by atoms with Crippen LogP contribution in [0.2, 0.25) is 0 Å². The Bertz CT molecular complexity index is 379. The van der Waals surface area contributed by atoms with Crippen molar-refractivity contribution in [2.75, 3.05) is 6.61 Å². The SMILES string of the molecule is CCOc1ccccc1CC(N)(Br)C(=O)O. The number of nitrogens with two attached hydrogens (primary N) is 1. The van der Waals surface area contributed by atoms with E-state index in [1.165, 1.54) is 0 Å². The van der Waals surface area contributed by atoms with Crippen molar-refractivity contribution in [1.82, 2.24) is 0 Å². The van der Waals surface area contributed by atoms with Gasteiger partial charge in [0.2, 0.25) is 0 Å². The highest BCUT2D eigenvalue weighted by atomic mass is 79.9. The van der Waals surface area contributed by atoms with Crippen LogP contribution in [0.3, 0.4) is 0 Å². The van der Waals surface area contributed by atoms with E-state index in [0.29, 0.717) is 12.4 Å². The Morgan fingerprint density at radius 3 is 2.75 bits per heavy atom. The van der Waals surface area contributed by atoms with Gasteiger partial charge in [-0.15, -0.1) is 0 Å². The number of alkyl halides is 1. The second-order valence-electron chi connectivity index (χ2n) is 3.39. The van der Waals surface area contributed by atoms with E-state index < -0.39 is 10.4 Å². The fourth-order valence-electron chi connectivity index (χ4n) is 1.30. The summed E-state index contributed by atoms with van der Waals surface area (Å²) >= 11 is 2.99. The number of halogens is 1. The monoisotopic (exact) mass is 287 g/mol. The first-order valence-corrected chi connectivity index (χ1v) is 5.68. The first-order valence-electron chi connectivity index (χ1n) is 4.89. The maximum Gasteiger partial charge on any atom is 0.335 e. The molecule has 0 saturated carbocycles. The molecule has 1 atom stereocenters. The van der Waals surface area contributed by atoms with Crippen molar-refractivity contribution >= 4 is 21.9 Å². The van der Waals surface area contributed by atoms with Gasteiger partial charge >= 0.3 is 5.97 Å². The van der Waals surface area contributed by atoms with Crippen molar-refractivity contribution in [2.24, 2.45) is 5.73 Å². The molecule has 1 aromatic carbocycles. The number of carbonyl (C=O) groups is 1. The van der Waals surface area contributed by atoms with Crippen LogP contribution in [0.5, 0.6) is 5.75 Å². The third-order valence-electron chi connectivity index (χ3n) is 2.08. The van der Waals surface area contributed by atoms with Crippen LogP contribution in [0.25, 0.3) is 0 Å². The second kappa shape index (κ2) is 5.32. The molecule has 0 aromatic heterocycles. The number of carboxylic acid groups (broad SMARTS) is 1. The quantitative estimate of drug-likeness (QED) is 0.639. The van der Waals surface area contributed by atoms with Gasteiger partial charge in [0.1, 0.15) is 5.75 Å². The molecule has 0 spiro atoms. The Morgan fingerprint density at radius 2 is 2.19 bits per heavy atom. The molecule has 1 rings (SSSR count). The van der Waals surface area contributed by atoms with E-state index in [2.05, 4.69) is 15.9 Å². The number of carboxylic acids is 1. The van der Waals surface area contributed by atoms with Crippen molar-refractivity contribution in [1.29, 1.82) is 0 Å². The van der Waals surface area contributed by atoms with E-state index in [1.807, 2.05) is 19.1 Å². The molecule has 88 valence electrons. The number of benzene rings is 1. The van der Waals surface area contributed by atoms with Gasteiger partial charge in [0, 0.05) is 6.42 Å². The van der Waals surface area contributed by atoms with Crippen molar-refractivity contribution < 1.29 is 14.6 Å². The van der Waals surface area contributed by atoms with Crippen LogP contribution < -0.4 is 10.5 Å². The molecule has 1 aromatic rings. The summed E-state index contributed by atoms with van der Waals surface area (Å²) in [4.78, 5) is 10.9. The van der Waals surface area contributed by atoms with Gasteiger partial charge in [0.15, 0.2) is 4.45 Å². The summed E-state index contributed by atoms with van der Waals surface area (Å²) < 4.78 is 3.94. The minimum absolute atomic E-state index is 0.165. The standard InChI is InChI=1S/C11H14BrNO3/c1-2-16-9-6-4-3-5-8(9)7-11(12,13)10(14)15/h3-6H,2,7,13H2,1H3,(H,14,15). The van der Waals surface area contributed by atoms with E-state index in [0.717, 1.165) is 5.56 Å². The number of aliphatic carboxylic acids is 1. The molecule has 1 unspecified atom stereocenters. The maximum atomic E-state index is 10.9. The minimum Gasteiger partial charge on any atom is -0.494 e. The molecule has 0 aliphatic carbocycles. The summed E-state index contributed by atoms with van der Waals surface area (Å²) in [5.74, 6) is -0.431. The highest BCUT2D eigenvalue weighted by Gasteiger charge is 2.31. The average molecular weight is 288 g/mol. The van der Waals surface area contributed by atoms with E-state index in [-0.39, 0.29) is 6.42 Å². The predicted molar refractivity (Wildman–Crippen MR) is 64.8 cm³/mol. The fourth-order valence-corrected chi connectivity index (χ4v) is 1.60. The molecule has 4 nitrogen and oxygen atoms in total. The molecule has 0 heterocycles. The number of hydrogen-bond acceptors (Lipinski definition) is 3. The lowest BCUT2D eigenvalue weighted by atomic mass is 10.1. The molecule has 0 amide bonds. The van der Waals surface area contributed by atoms with Gasteiger partial charge in [-0.2, -0.15) is 0 Å². The van der Waals surface area contributed by atoms with Crippen LogP contribution in [0.4, 0.5) is 0 Å². The van der Waals surface area contributed by atoms with Gasteiger partial charge in [-0.3, -0.25) is 0 Å². The van der Waals surface area contributed by atoms with Gasteiger partial charge in [-0.25, -0.2) is 4.79 Å². The zero-order valence-corrected chi connectivity index (χ0v) is 10.5. The number of para-hydroxylation sites is 1. The highest BCUT2D eigenvalue weighted by Crippen LogP contribution is 2.25. The summed E-state index contributed by atoms with van der Waals surface area (Å²) in [7, 11) is 0. The average Bonchev–Trinajstić information content (AvgIpc) is 2.20. The topological polar surface area (TPSA) is 72.5 Å². The molecule has 16 heavy (non-hydrogen) atoms. The number of ether oxygens (including phenoxy) is 1. The number of hydrogen-bond donors (Lipinski definition) is 2. The fraction of sp³-hybridized carbons (Fsp3) is 0.364. The van der Waals surface area contributed by atoms with Gasteiger partial charge in [-0.1, -0.05) is 34.1 Å². The Morgan fingerprint density at radius 1 is 1.56 bits per heavy atom. The molecular weight excluding hydrogens is 274 g/mol. The Labute approximate surface area is 103 Å². The van der Waals surface area contributed by atoms with Gasteiger partial charge < -0.3 is 15.6 Å². The Hall–Kier alpha value is -1.07. The maximum absolute atomic E-state index is 10.9. The van der Waals surface area contributed by atoms with E-state index >= 15 is 0 Å². The third kappa shape index (κ3) is 3.21. The van der Waals surface area contributed by atoms with Crippen molar-refractivity contribution in [2.45, 2.75) is 17.8 Å². The van der Waals surface area contributed by atoms with Crippen molar-refractivity contribution in [3.05, 3.63) is 29.8 Å². The smallest absolute Gasteiger partial charge is 0.335 e. The van der Waals surface area contributed by atoms with Crippen LogP contribution in [-0.4, -0.2) is 22.1 Å². The van der Waals surface area contributed by atoms with Gasteiger partial charge in [0.25, 0.3) is 0 Å². The van der Waals surface area contributed by atoms with E-state index in [4.69, 9.17) is 15.6 Å². The zero-order chi connectivity index (χ0) is 12.2. The van der Waals surface area contributed by atoms with Gasteiger partial charge in [-0.05, 0) is 18.6 Å². The molecule has 0 aliphatic heterocycles. The van der Waals surface area contributed by atoms with Crippen LogP contribution in [0.1, 0.15) is 12.5 Å². The lowest BCUT2D eigenvalue weighted by Gasteiger charge is -2.18. The molecular formula is C11H14BrNO3. The summed E-state index contributed by atoms with van der Waals surface area (Å²) in [5.41, 5.74) is 6.39. The van der Waals surface area contributed by atoms with E-state index in [9.17, 15) is 4.79 Å². The highest BCUT2D eigenvalue weighted by molar-refractivity contribution is 9.10. The van der Waals surface area contributed by atoms with Crippen LogP contribution in [-0.2, 0) is 11.2 Å². The predicted octanol–water partition coefficient (Wildman–Crippen LogP) is 1.76. The lowest BCUT2D eigenvalue weighted by molar-refractivity contribution is -0.139. The van der Waals surface area contributed by atoms with Crippen LogP contribution >= 0.6 is 15.9 Å². The summed E-state index contributed by atoms with van der Waals surface area (Å²) in [6, 6.07) is 7.26. The summed E-state index contributed by atoms with van der Waals surface area (Å²) in [5, 5.41) is 8.91. The molecule has 0 saturated heterocycles. The van der Waals surface area contributed by atoms with E-state index in [1.54, 1.807) is 12.1 Å². The largest absolute Gasteiger partial charge is 0.494 e. The van der Waals surface area contributed by atoms with Gasteiger partial charge in [0.05, 0.1) is 6.61 Å². The molecule has 3 N–H and O–H groups in total. The first kappa shape index (κ1) is 13.0. The summed E-state index contributed by atoms with van der Waals surface area (Å²) in [6.45, 7) is 2.40. The second-order valence-corrected chi connectivity index (χ2v) is 4.80. The lowest BCUT2D eigenvalue weighted by Crippen LogP contribution is -2.43. The molecule has 0 aliphatic rings. The third-order valence-corrected chi connectivity index (χ3v) is 2.70. The van der Waals surface area contributed by atoms with Crippen molar-refractivity contribution in [3.63, 3.8) is 0 Å². The van der Waals surface area contributed by atoms with Crippen LogP contribution in [0.15, 0.2) is 24.3 Å². The Kier molecular flexibility index (Phi) is 4.32. The summed E-state index contributed by atoms with van der Waals surface area (Å²) in [6.07, 6.45) is 0.165. The first-order chi connectivity index (χ1) is 7.47. The molecule has 0 fully saturated rings. The normalized spacial score (nSPS) is 14.2. The van der Waals surface area contributed by atoms with Crippen molar-refractivity contribution in [3.8, 4) is 5.75 Å². The van der Waals surface area contributed by atoms with Crippen LogP contribution in [0, 0.1) is 0 Å².